The zero-order chi connectivity index (χ0) is 23.6. The van der Waals surface area contributed by atoms with Crippen molar-refractivity contribution in [1.29, 1.82) is 0 Å². The number of nitrogens with zero attached hydrogens (tertiary/aromatic N) is 5. The second-order valence-corrected chi connectivity index (χ2v) is 10.3. The van der Waals surface area contributed by atoms with Crippen molar-refractivity contribution < 1.29 is 9.18 Å². The fraction of sp³-hybridized carbons (Fsp3) is 0.227. The Morgan fingerprint density at radius 2 is 1.76 bits per heavy atom. The molecule has 4 rings (SSSR count). The zero-order valence-electron chi connectivity index (χ0n) is 18.2. The molecule has 2 aromatic heterocycles. The predicted molar refractivity (Wildman–Crippen MR) is 128 cm³/mol. The summed E-state index contributed by atoms with van der Waals surface area (Å²) in [5.74, 6) is 6.44. The number of rotatable bonds is 6. The molecule has 0 radical (unpaired) electrons. The molecule has 0 aliphatic carbocycles. The van der Waals surface area contributed by atoms with Crippen LogP contribution in [0.1, 0.15) is 41.1 Å². The van der Waals surface area contributed by atoms with E-state index in [0.717, 1.165) is 5.56 Å². The lowest BCUT2D eigenvalue weighted by Gasteiger charge is -2.19. The molecule has 0 aliphatic rings. The first-order chi connectivity index (χ1) is 15.7. The minimum absolute atomic E-state index is 0.0619. The van der Waals surface area contributed by atoms with Crippen LogP contribution in [0.4, 0.5) is 10.1 Å². The lowest BCUT2D eigenvalue weighted by molar-refractivity contribution is 0.102. The van der Waals surface area contributed by atoms with E-state index in [-0.39, 0.29) is 16.2 Å². The number of nitrogens with two attached hydrogens (primary N) is 1. The van der Waals surface area contributed by atoms with Crippen molar-refractivity contribution in [3.8, 4) is 11.4 Å². The lowest BCUT2D eigenvalue weighted by Crippen LogP contribution is -2.12. The van der Waals surface area contributed by atoms with Crippen molar-refractivity contribution in [3.63, 3.8) is 0 Å². The Kier molecular flexibility index (Phi) is 6.43. The summed E-state index contributed by atoms with van der Waals surface area (Å²) in [6.07, 6.45) is 0. The van der Waals surface area contributed by atoms with Gasteiger partial charge in [0, 0.05) is 11.3 Å². The van der Waals surface area contributed by atoms with Crippen LogP contribution >= 0.6 is 23.1 Å². The Hall–Kier alpha value is -3.31. The molecule has 0 atom stereocenters. The molecule has 0 unspecified atom stereocenters. The molecule has 0 saturated heterocycles. The highest BCUT2D eigenvalue weighted by atomic mass is 32.2. The van der Waals surface area contributed by atoms with Gasteiger partial charge in [0.2, 0.25) is 10.2 Å². The van der Waals surface area contributed by atoms with Gasteiger partial charge in [0.1, 0.15) is 10.8 Å². The topological polar surface area (TPSA) is 112 Å². The Balaban J connectivity index is 1.39. The lowest BCUT2D eigenvalue weighted by atomic mass is 9.87. The molecule has 4 aromatic rings. The largest absolute Gasteiger partial charge is 0.335 e. The minimum atomic E-state index is -0.404. The van der Waals surface area contributed by atoms with Crippen LogP contribution in [0.15, 0.2) is 53.7 Å². The second kappa shape index (κ2) is 9.28. The first-order valence-corrected chi connectivity index (χ1v) is 11.8. The smallest absolute Gasteiger partial charge is 0.286 e. The van der Waals surface area contributed by atoms with Crippen LogP contribution in [-0.4, -0.2) is 31.0 Å². The Morgan fingerprint density at radius 3 is 2.42 bits per heavy atom. The normalized spacial score (nSPS) is 11.5. The number of halogens is 1. The number of thioether (sulfide) groups is 1. The fourth-order valence-corrected chi connectivity index (χ4v) is 4.52. The van der Waals surface area contributed by atoms with Crippen molar-refractivity contribution in [1.82, 2.24) is 25.1 Å². The van der Waals surface area contributed by atoms with Gasteiger partial charge in [-0.2, -0.15) is 0 Å². The number of anilines is 1. The number of amides is 1. The van der Waals surface area contributed by atoms with Crippen molar-refractivity contribution >= 4 is 34.7 Å². The van der Waals surface area contributed by atoms with Gasteiger partial charge in [-0.15, -0.1) is 20.4 Å². The first kappa shape index (κ1) is 22.9. The fourth-order valence-electron chi connectivity index (χ4n) is 2.94. The monoisotopic (exact) mass is 483 g/mol. The molecular weight excluding hydrogens is 461 g/mol. The van der Waals surface area contributed by atoms with E-state index >= 15 is 0 Å². The van der Waals surface area contributed by atoms with Crippen molar-refractivity contribution in [3.05, 3.63) is 69.9 Å². The number of nitrogens with one attached hydrogen (secondary N) is 1. The third-order valence-corrected chi connectivity index (χ3v) is 6.82. The zero-order valence-corrected chi connectivity index (χ0v) is 19.9. The molecule has 2 aromatic carbocycles. The summed E-state index contributed by atoms with van der Waals surface area (Å²) < 4.78 is 14.4. The summed E-state index contributed by atoms with van der Waals surface area (Å²) in [5.41, 5.74) is 2.64. The van der Waals surface area contributed by atoms with Crippen LogP contribution in [0.5, 0.6) is 0 Å². The van der Waals surface area contributed by atoms with E-state index in [9.17, 15) is 9.18 Å². The van der Waals surface area contributed by atoms with Crippen LogP contribution in [0, 0.1) is 5.82 Å². The van der Waals surface area contributed by atoms with Crippen LogP contribution in [-0.2, 0) is 11.2 Å². The molecule has 2 heterocycles. The molecule has 8 nitrogen and oxygen atoms in total. The minimum Gasteiger partial charge on any atom is -0.335 e. The highest BCUT2D eigenvalue weighted by molar-refractivity contribution is 7.98. The number of carbonyl (C=O) groups excluding carboxylic acids is 1. The Labute approximate surface area is 198 Å². The summed E-state index contributed by atoms with van der Waals surface area (Å²) >= 11 is 2.52. The van der Waals surface area contributed by atoms with Gasteiger partial charge in [0.05, 0.1) is 5.75 Å². The number of nitrogen functional groups attached to an aromatic ring is 1. The molecule has 3 N–H and O–H groups in total. The van der Waals surface area contributed by atoms with E-state index in [1.165, 1.54) is 57.6 Å². The van der Waals surface area contributed by atoms with Gasteiger partial charge < -0.3 is 11.2 Å². The summed E-state index contributed by atoms with van der Waals surface area (Å²) in [6.45, 7) is 6.48. The maximum atomic E-state index is 13.0. The maximum Gasteiger partial charge on any atom is 0.286 e. The van der Waals surface area contributed by atoms with Gasteiger partial charge in [-0.1, -0.05) is 68.1 Å². The van der Waals surface area contributed by atoms with E-state index in [4.69, 9.17) is 5.84 Å². The summed E-state index contributed by atoms with van der Waals surface area (Å²) in [6, 6.07) is 13.6. The molecule has 0 aliphatic heterocycles. The molecule has 1 amide bonds. The summed E-state index contributed by atoms with van der Waals surface area (Å²) in [5, 5.41) is 20.4. The van der Waals surface area contributed by atoms with E-state index < -0.39 is 5.91 Å². The molecule has 0 bridgehead atoms. The van der Waals surface area contributed by atoms with Gasteiger partial charge in [0.15, 0.2) is 5.82 Å². The van der Waals surface area contributed by atoms with E-state index in [0.29, 0.717) is 27.4 Å². The standard InChI is InChI=1S/C22H22FN7OS2/c1-22(2,3)14-6-4-13(5-7-14)18-27-29-21(30(18)24)32-12-17-26-28-20(33-17)19(31)25-16-10-8-15(23)9-11-16/h4-11H,12,24H2,1-3H3,(H,25,31). The number of hydrogen-bond donors (Lipinski definition) is 2. The van der Waals surface area contributed by atoms with Crippen LogP contribution in [0.25, 0.3) is 11.4 Å². The number of benzene rings is 2. The highest BCUT2D eigenvalue weighted by Crippen LogP contribution is 2.28. The van der Waals surface area contributed by atoms with Crippen molar-refractivity contribution in [2.24, 2.45) is 0 Å². The van der Waals surface area contributed by atoms with Gasteiger partial charge in [0.25, 0.3) is 5.91 Å². The Bertz CT molecular complexity index is 1260. The van der Waals surface area contributed by atoms with Crippen molar-refractivity contribution in [2.75, 3.05) is 11.2 Å². The molecule has 0 saturated carbocycles. The van der Waals surface area contributed by atoms with E-state index in [1.807, 2.05) is 12.1 Å². The molecule has 170 valence electrons. The van der Waals surface area contributed by atoms with Gasteiger partial charge >= 0.3 is 0 Å². The van der Waals surface area contributed by atoms with Crippen LogP contribution < -0.4 is 11.2 Å². The summed E-state index contributed by atoms with van der Waals surface area (Å²) in [4.78, 5) is 12.3. The molecular formula is C22H22FN7OS2. The number of hydrogen-bond acceptors (Lipinski definition) is 8. The highest BCUT2D eigenvalue weighted by Gasteiger charge is 2.18. The SMILES string of the molecule is CC(C)(C)c1ccc(-c2nnc(SCc3nnc(C(=O)Nc4ccc(F)cc4)s3)n2N)cc1. The van der Waals surface area contributed by atoms with Gasteiger partial charge in [-0.25, -0.2) is 9.07 Å². The predicted octanol–water partition coefficient (Wildman–Crippen LogP) is 4.49. The average Bonchev–Trinajstić information content (AvgIpc) is 3.40. The molecule has 11 heteroatoms. The average molecular weight is 484 g/mol. The first-order valence-electron chi connectivity index (χ1n) is 10.0. The second-order valence-electron chi connectivity index (χ2n) is 8.25. The molecule has 0 spiro atoms. The van der Waals surface area contributed by atoms with E-state index in [2.05, 4.69) is 58.6 Å². The van der Waals surface area contributed by atoms with Gasteiger partial charge in [-0.3, -0.25) is 4.79 Å². The summed E-state index contributed by atoms with van der Waals surface area (Å²) in [7, 11) is 0. The molecule has 33 heavy (non-hydrogen) atoms. The maximum absolute atomic E-state index is 13.0. The van der Waals surface area contributed by atoms with Crippen molar-refractivity contribution in [2.45, 2.75) is 37.1 Å². The van der Waals surface area contributed by atoms with Gasteiger partial charge in [-0.05, 0) is 35.2 Å². The quantitative estimate of drug-likeness (QED) is 0.307. The van der Waals surface area contributed by atoms with Crippen LogP contribution in [0.3, 0.4) is 0 Å². The number of carbonyl (C=O) groups is 1. The van der Waals surface area contributed by atoms with E-state index in [1.54, 1.807) is 0 Å². The van der Waals surface area contributed by atoms with Crippen LogP contribution in [0.2, 0.25) is 0 Å². The third-order valence-electron chi connectivity index (χ3n) is 4.76. The molecule has 0 fully saturated rings. The third kappa shape index (κ3) is 5.37. The Morgan fingerprint density at radius 1 is 1.06 bits per heavy atom. The number of aromatic nitrogens is 5.